The zero-order valence-electron chi connectivity index (χ0n) is 18.7. The summed E-state index contributed by atoms with van der Waals surface area (Å²) in [7, 11) is 0. The molecule has 2 saturated heterocycles. The average molecular weight is 439 g/mol. The van der Waals surface area contributed by atoms with Crippen LogP contribution in [0.5, 0.6) is 11.8 Å². The number of likely N-dealkylation sites (tertiary alicyclic amines) is 1. The number of ether oxygens (including phenoxy) is 3. The van der Waals surface area contributed by atoms with Crippen LogP contribution in [0, 0.1) is 6.92 Å². The molecule has 0 aromatic carbocycles. The van der Waals surface area contributed by atoms with Gasteiger partial charge >= 0.3 is 6.09 Å². The minimum Gasteiger partial charge on any atom is -0.474 e. The second-order valence-electron chi connectivity index (χ2n) is 8.82. The number of rotatable bonds is 5. The van der Waals surface area contributed by atoms with Crippen molar-refractivity contribution in [2.24, 2.45) is 0 Å². The van der Waals surface area contributed by atoms with E-state index in [0.29, 0.717) is 24.8 Å². The molecular formula is C21H34N4O4S. The summed E-state index contributed by atoms with van der Waals surface area (Å²) < 4.78 is 20.1. The van der Waals surface area contributed by atoms with Gasteiger partial charge in [-0.2, -0.15) is 0 Å². The molecule has 1 aromatic heterocycles. The van der Waals surface area contributed by atoms with Crippen LogP contribution in [0.1, 0.15) is 52.0 Å². The van der Waals surface area contributed by atoms with Gasteiger partial charge in [0.05, 0.1) is 5.56 Å². The van der Waals surface area contributed by atoms with Gasteiger partial charge in [-0.05, 0) is 46.8 Å². The van der Waals surface area contributed by atoms with E-state index in [1.807, 2.05) is 27.7 Å². The highest BCUT2D eigenvalue weighted by molar-refractivity contribution is 7.96. The van der Waals surface area contributed by atoms with Gasteiger partial charge in [0.1, 0.15) is 24.1 Å². The van der Waals surface area contributed by atoms with Crippen molar-refractivity contribution in [2.45, 2.75) is 71.2 Å². The van der Waals surface area contributed by atoms with Crippen LogP contribution in [-0.2, 0) is 4.74 Å². The van der Waals surface area contributed by atoms with Gasteiger partial charge in [0.15, 0.2) is 0 Å². The SMILES string of the molecule is CSN1CCC(Oc2ncnc(OC3CCN(C(=O)OC(C)(C)C)CC3)c2C)CC1. The molecule has 1 aromatic rings. The zero-order chi connectivity index (χ0) is 21.7. The molecule has 3 rings (SSSR count). The Hall–Kier alpha value is -1.74. The van der Waals surface area contributed by atoms with Crippen LogP contribution in [0.15, 0.2) is 6.33 Å². The molecule has 3 heterocycles. The molecule has 0 radical (unpaired) electrons. The van der Waals surface area contributed by atoms with E-state index in [2.05, 4.69) is 20.5 Å². The molecule has 8 nitrogen and oxygen atoms in total. The second-order valence-corrected chi connectivity index (χ2v) is 9.70. The van der Waals surface area contributed by atoms with Gasteiger partial charge in [-0.1, -0.05) is 11.9 Å². The van der Waals surface area contributed by atoms with Crippen LogP contribution in [0.3, 0.4) is 0 Å². The monoisotopic (exact) mass is 438 g/mol. The van der Waals surface area contributed by atoms with Crippen molar-refractivity contribution < 1.29 is 19.0 Å². The number of amides is 1. The highest BCUT2D eigenvalue weighted by atomic mass is 32.2. The van der Waals surface area contributed by atoms with E-state index in [1.165, 1.54) is 6.33 Å². The largest absolute Gasteiger partial charge is 0.474 e. The third-order valence-corrected chi connectivity index (χ3v) is 6.18. The summed E-state index contributed by atoms with van der Waals surface area (Å²) in [6.45, 7) is 10.9. The van der Waals surface area contributed by atoms with Crippen molar-refractivity contribution in [3.05, 3.63) is 11.9 Å². The first-order chi connectivity index (χ1) is 14.2. The van der Waals surface area contributed by atoms with E-state index in [-0.39, 0.29) is 18.3 Å². The first kappa shape index (κ1) is 22.9. The van der Waals surface area contributed by atoms with E-state index in [9.17, 15) is 4.79 Å². The number of hydrogen-bond acceptors (Lipinski definition) is 8. The van der Waals surface area contributed by atoms with Crippen LogP contribution < -0.4 is 9.47 Å². The van der Waals surface area contributed by atoms with Crippen LogP contribution >= 0.6 is 11.9 Å². The number of hydrogen-bond donors (Lipinski definition) is 0. The molecular weight excluding hydrogens is 404 g/mol. The molecule has 0 atom stereocenters. The fraction of sp³-hybridized carbons (Fsp3) is 0.762. The molecule has 0 bridgehead atoms. The van der Waals surface area contributed by atoms with E-state index in [4.69, 9.17) is 14.2 Å². The van der Waals surface area contributed by atoms with Crippen LogP contribution in [-0.4, -0.2) is 75.5 Å². The summed E-state index contributed by atoms with van der Waals surface area (Å²) in [5, 5.41) is 0. The minimum atomic E-state index is -0.481. The second kappa shape index (κ2) is 10.0. The van der Waals surface area contributed by atoms with Crippen LogP contribution in [0.2, 0.25) is 0 Å². The average Bonchev–Trinajstić information content (AvgIpc) is 2.71. The predicted octanol–water partition coefficient (Wildman–Crippen LogP) is 3.68. The van der Waals surface area contributed by atoms with E-state index in [1.54, 1.807) is 16.8 Å². The van der Waals surface area contributed by atoms with Crippen molar-refractivity contribution in [1.29, 1.82) is 0 Å². The fourth-order valence-electron chi connectivity index (χ4n) is 3.59. The van der Waals surface area contributed by atoms with Gasteiger partial charge in [-0.3, -0.25) is 4.31 Å². The van der Waals surface area contributed by atoms with Gasteiger partial charge in [0.2, 0.25) is 11.8 Å². The number of nitrogens with zero attached hydrogens (tertiary/aromatic N) is 4. The maximum absolute atomic E-state index is 12.2. The van der Waals surface area contributed by atoms with Gasteiger partial charge < -0.3 is 19.1 Å². The Balaban J connectivity index is 1.52. The molecule has 1 amide bonds. The topological polar surface area (TPSA) is 77.0 Å². The highest BCUT2D eigenvalue weighted by Gasteiger charge is 2.28. The Bertz CT molecular complexity index is 711. The van der Waals surface area contributed by atoms with Gasteiger partial charge in [0.25, 0.3) is 0 Å². The van der Waals surface area contributed by atoms with E-state index >= 15 is 0 Å². The first-order valence-corrected chi connectivity index (χ1v) is 11.8. The lowest BCUT2D eigenvalue weighted by Crippen LogP contribution is -2.44. The Morgan fingerprint density at radius 2 is 1.50 bits per heavy atom. The third kappa shape index (κ3) is 6.38. The predicted molar refractivity (Wildman–Crippen MR) is 117 cm³/mol. The number of aromatic nitrogens is 2. The van der Waals surface area contributed by atoms with Crippen molar-refractivity contribution in [2.75, 3.05) is 32.4 Å². The molecule has 2 aliphatic heterocycles. The highest BCUT2D eigenvalue weighted by Crippen LogP contribution is 2.28. The maximum atomic E-state index is 12.2. The normalized spacial score (nSPS) is 19.6. The van der Waals surface area contributed by atoms with Crippen LogP contribution in [0.25, 0.3) is 0 Å². The van der Waals surface area contributed by atoms with Gasteiger partial charge in [0, 0.05) is 39.0 Å². The Kier molecular flexibility index (Phi) is 7.68. The number of piperidine rings is 2. The summed E-state index contributed by atoms with van der Waals surface area (Å²) in [6, 6.07) is 0. The zero-order valence-corrected chi connectivity index (χ0v) is 19.5. The van der Waals surface area contributed by atoms with Gasteiger partial charge in [-0.15, -0.1) is 0 Å². The minimum absolute atomic E-state index is 0.00922. The maximum Gasteiger partial charge on any atom is 0.410 e. The van der Waals surface area contributed by atoms with Crippen molar-refractivity contribution in [3.63, 3.8) is 0 Å². The molecule has 2 fully saturated rings. The third-order valence-electron chi connectivity index (χ3n) is 5.30. The summed E-state index contributed by atoms with van der Waals surface area (Å²) in [5.74, 6) is 1.17. The molecule has 0 spiro atoms. The lowest BCUT2D eigenvalue weighted by Gasteiger charge is -2.33. The Labute approximate surface area is 183 Å². The molecule has 0 saturated carbocycles. The van der Waals surface area contributed by atoms with Crippen LogP contribution in [0.4, 0.5) is 4.79 Å². The van der Waals surface area contributed by atoms with Gasteiger partial charge in [-0.25, -0.2) is 14.8 Å². The van der Waals surface area contributed by atoms with E-state index < -0.39 is 5.60 Å². The standard InChI is InChI=1S/C21H34N4O4S/c1-15-18(22-14-23-19(15)28-17-8-12-25(30-5)13-9-17)27-16-6-10-24(11-7-16)20(26)29-21(2,3)4/h14,16-17H,6-13H2,1-5H3. The summed E-state index contributed by atoms with van der Waals surface area (Å²) in [4.78, 5) is 22.6. The van der Waals surface area contributed by atoms with E-state index in [0.717, 1.165) is 44.3 Å². The molecule has 0 N–H and O–H groups in total. The molecule has 2 aliphatic rings. The molecule has 9 heteroatoms. The fourth-order valence-corrected chi connectivity index (χ4v) is 4.16. The lowest BCUT2D eigenvalue weighted by molar-refractivity contribution is 0.0122. The number of carbonyl (C=O) groups excluding carboxylic acids is 1. The summed E-state index contributed by atoms with van der Waals surface area (Å²) in [5.41, 5.74) is 0.351. The molecule has 0 aliphatic carbocycles. The van der Waals surface area contributed by atoms with Crippen molar-refractivity contribution in [1.82, 2.24) is 19.2 Å². The van der Waals surface area contributed by atoms with Crippen molar-refractivity contribution in [3.8, 4) is 11.8 Å². The number of carbonyl (C=O) groups is 1. The van der Waals surface area contributed by atoms with Crippen molar-refractivity contribution >= 4 is 18.0 Å². The quantitative estimate of drug-likeness (QED) is 0.644. The Morgan fingerprint density at radius 3 is 1.97 bits per heavy atom. The Morgan fingerprint density at radius 1 is 1.00 bits per heavy atom. The summed E-state index contributed by atoms with van der Waals surface area (Å²) >= 11 is 1.78. The molecule has 168 valence electrons. The lowest BCUT2D eigenvalue weighted by atomic mass is 10.1. The first-order valence-electron chi connectivity index (χ1n) is 10.7. The summed E-state index contributed by atoms with van der Waals surface area (Å²) in [6.07, 6.45) is 7.00. The smallest absolute Gasteiger partial charge is 0.410 e. The molecule has 0 unspecified atom stereocenters. The molecule has 30 heavy (non-hydrogen) atoms.